The number of nitrogens with zero attached hydrogens (tertiary/aromatic N) is 1. The topological polar surface area (TPSA) is 32.3 Å². The van der Waals surface area contributed by atoms with Crippen molar-refractivity contribution in [2.24, 2.45) is 0 Å². The van der Waals surface area contributed by atoms with Crippen molar-refractivity contribution < 1.29 is 4.79 Å². The predicted octanol–water partition coefficient (Wildman–Crippen LogP) is 4.48. The van der Waals surface area contributed by atoms with Gasteiger partial charge in [0.1, 0.15) is 0 Å². The molecular weight excluding hydrogens is 319 g/mol. The van der Waals surface area contributed by atoms with Crippen molar-refractivity contribution in [2.75, 3.05) is 25.0 Å². The zero-order valence-electron chi connectivity index (χ0n) is 11.5. The summed E-state index contributed by atoms with van der Waals surface area (Å²) in [7, 11) is 0. The lowest BCUT2D eigenvalue weighted by atomic mass is 10.3. The normalized spacial score (nSPS) is 10.7. The van der Waals surface area contributed by atoms with E-state index < -0.39 is 0 Å². The lowest BCUT2D eigenvalue weighted by Crippen LogP contribution is -2.34. The smallest absolute Gasteiger partial charge is 0.238 e. The summed E-state index contributed by atoms with van der Waals surface area (Å²) in [4.78, 5) is 14.0. The number of hydrogen-bond acceptors (Lipinski definition) is 2. The van der Waals surface area contributed by atoms with Crippen LogP contribution in [-0.2, 0) is 4.79 Å². The number of benzene rings is 1. The van der Waals surface area contributed by atoms with Gasteiger partial charge in [-0.2, -0.15) is 0 Å². The molecule has 0 unspecified atom stereocenters. The van der Waals surface area contributed by atoms with E-state index in [0.29, 0.717) is 27.3 Å². The van der Waals surface area contributed by atoms with Crippen molar-refractivity contribution >= 4 is 46.4 Å². The first-order chi connectivity index (χ1) is 9.33. The fourth-order valence-electron chi connectivity index (χ4n) is 1.70. The minimum Gasteiger partial charge on any atom is -0.322 e. The van der Waals surface area contributed by atoms with Crippen molar-refractivity contribution in [2.45, 2.75) is 13.8 Å². The van der Waals surface area contributed by atoms with E-state index in [0.717, 1.165) is 12.1 Å². The average molecular weight is 336 g/mol. The highest BCUT2D eigenvalue weighted by molar-refractivity contribution is 6.42. The molecular formula is C14H17Cl3N2O. The van der Waals surface area contributed by atoms with Crippen molar-refractivity contribution in [1.82, 2.24) is 4.90 Å². The van der Waals surface area contributed by atoms with Gasteiger partial charge >= 0.3 is 0 Å². The van der Waals surface area contributed by atoms with E-state index >= 15 is 0 Å². The molecule has 110 valence electrons. The maximum atomic E-state index is 12.0. The molecule has 0 aliphatic heterocycles. The summed E-state index contributed by atoms with van der Waals surface area (Å²) >= 11 is 17.9. The van der Waals surface area contributed by atoms with Crippen molar-refractivity contribution in [3.05, 3.63) is 39.4 Å². The van der Waals surface area contributed by atoms with E-state index in [4.69, 9.17) is 34.8 Å². The summed E-state index contributed by atoms with van der Waals surface area (Å²) in [6, 6.07) is 3.08. The van der Waals surface area contributed by atoms with Crippen molar-refractivity contribution in [3.8, 4) is 0 Å². The number of carbonyl (C=O) groups excluding carboxylic acids is 1. The monoisotopic (exact) mass is 334 g/mol. The largest absolute Gasteiger partial charge is 0.322 e. The van der Waals surface area contributed by atoms with Gasteiger partial charge in [0.2, 0.25) is 5.91 Å². The van der Waals surface area contributed by atoms with Crippen LogP contribution in [0.3, 0.4) is 0 Å². The molecule has 0 fully saturated rings. The average Bonchev–Trinajstić information content (AvgIpc) is 2.32. The van der Waals surface area contributed by atoms with Crippen LogP contribution < -0.4 is 5.32 Å². The van der Waals surface area contributed by atoms with Crippen LogP contribution in [0.2, 0.25) is 15.1 Å². The maximum absolute atomic E-state index is 12.0. The second-order valence-electron chi connectivity index (χ2n) is 4.55. The zero-order valence-corrected chi connectivity index (χ0v) is 13.7. The molecule has 0 aliphatic rings. The van der Waals surface area contributed by atoms with Crippen LogP contribution in [-0.4, -0.2) is 30.4 Å². The number of amides is 1. The first kappa shape index (κ1) is 17.3. The second kappa shape index (κ2) is 7.89. The summed E-state index contributed by atoms with van der Waals surface area (Å²) < 4.78 is 0. The number of halogens is 3. The van der Waals surface area contributed by atoms with E-state index in [9.17, 15) is 4.79 Å². The lowest BCUT2D eigenvalue weighted by molar-refractivity contribution is -0.117. The molecule has 0 aliphatic carbocycles. The van der Waals surface area contributed by atoms with E-state index in [-0.39, 0.29) is 12.5 Å². The van der Waals surface area contributed by atoms with Crippen LogP contribution in [0.1, 0.15) is 13.8 Å². The quantitative estimate of drug-likeness (QED) is 0.777. The van der Waals surface area contributed by atoms with Gasteiger partial charge in [0.15, 0.2) is 0 Å². The Balaban J connectivity index is 2.73. The molecule has 0 bridgehead atoms. The highest BCUT2D eigenvalue weighted by Gasteiger charge is 2.14. The van der Waals surface area contributed by atoms with Gasteiger partial charge in [-0.05, 0) is 25.6 Å². The van der Waals surface area contributed by atoms with Gasteiger partial charge < -0.3 is 5.32 Å². The lowest BCUT2D eigenvalue weighted by Gasteiger charge is -2.20. The highest BCUT2D eigenvalue weighted by atomic mass is 35.5. The Morgan fingerprint density at radius 1 is 1.25 bits per heavy atom. The van der Waals surface area contributed by atoms with Crippen molar-refractivity contribution in [1.29, 1.82) is 0 Å². The third-order valence-corrected chi connectivity index (χ3v) is 3.39. The molecule has 1 amide bonds. The third-order valence-electron chi connectivity index (χ3n) is 2.58. The Bertz CT molecular complexity index is 494. The standard InChI is InChI=1S/C14H17Cl3N2O/c1-4-19(7-9(2)3)8-13(20)18-14-11(16)5-10(15)6-12(14)17/h5-6H,2,4,7-8H2,1,3H3,(H,18,20). The molecule has 0 saturated heterocycles. The molecule has 0 atom stereocenters. The van der Waals surface area contributed by atoms with E-state index in [1.54, 1.807) is 0 Å². The van der Waals surface area contributed by atoms with Gasteiger partial charge in [0.25, 0.3) is 0 Å². The number of anilines is 1. The summed E-state index contributed by atoms with van der Waals surface area (Å²) in [5.41, 5.74) is 1.39. The Kier molecular flexibility index (Phi) is 6.83. The van der Waals surface area contributed by atoms with Crippen LogP contribution in [0.4, 0.5) is 5.69 Å². The molecule has 20 heavy (non-hydrogen) atoms. The molecule has 1 aromatic rings. The van der Waals surface area contributed by atoms with Gasteiger partial charge in [-0.15, -0.1) is 0 Å². The first-order valence-electron chi connectivity index (χ1n) is 6.14. The van der Waals surface area contributed by atoms with Gasteiger partial charge in [-0.3, -0.25) is 9.69 Å². The fraction of sp³-hybridized carbons (Fsp3) is 0.357. The Labute approximate surface area is 134 Å². The van der Waals surface area contributed by atoms with Gasteiger partial charge in [0.05, 0.1) is 22.3 Å². The first-order valence-corrected chi connectivity index (χ1v) is 7.28. The molecule has 0 radical (unpaired) electrons. The SMILES string of the molecule is C=C(C)CN(CC)CC(=O)Nc1c(Cl)cc(Cl)cc1Cl. The van der Waals surface area contributed by atoms with E-state index in [1.807, 2.05) is 18.7 Å². The number of carbonyl (C=O) groups is 1. The second-order valence-corrected chi connectivity index (χ2v) is 5.80. The third kappa shape index (κ3) is 5.33. The van der Waals surface area contributed by atoms with Crippen LogP contribution in [0.15, 0.2) is 24.3 Å². The number of rotatable bonds is 6. The summed E-state index contributed by atoms with van der Waals surface area (Å²) in [6.07, 6.45) is 0. The number of hydrogen-bond donors (Lipinski definition) is 1. The van der Waals surface area contributed by atoms with Gasteiger partial charge in [-0.25, -0.2) is 0 Å². The Morgan fingerprint density at radius 2 is 1.80 bits per heavy atom. The molecule has 0 heterocycles. The van der Waals surface area contributed by atoms with Gasteiger partial charge in [0, 0.05) is 11.6 Å². The molecule has 0 spiro atoms. The molecule has 6 heteroatoms. The summed E-state index contributed by atoms with van der Waals surface area (Å²) in [5.74, 6) is -0.181. The minimum absolute atomic E-state index is 0.181. The predicted molar refractivity (Wildman–Crippen MR) is 87.0 cm³/mol. The maximum Gasteiger partial charge on any atom is 0.238 e. The van der Waals surface area contributed by atoms with Crippen LogP contribution in [0, 0.1) is 0 Å². The minimum atomic E-state index is -0.181. The highest BCUT2D eigenvalue weighted by Crippen LogP contribution is 2.33. The number of nitrogens with one attached hydrogen (secondary N) is 1. The fourth-order valence-corrected chi connectivity index (χ4v) is 2.62. The molecule has 0 saturated carbocycles. The van der Waals surface area contributed by atoms with E-state index in [1.165, 1.54) is 12.1 Å². The number of likely N-dealkylation sites (N-methyl/N-ethyl adjacent to an activating group) is 1. The van der Waals surface area contributed by atoms with E-state index in [2.05, 4.69) is 11.9 Å². The molecule has 1 rings (SSSR count). The Morgan fingerprint density at radius 3 is 2.25 bits per heavy atom. The molecule has 1 N–H and O–H groups in total. The summed E-state index contributed by atoms with van der Waals surface area (Å²) in [5, 5.41) is 3.77. The Hall–Kier alpha value is -0.740. The molecule has 0 aromatic heterocycles. The molecule has 1 aromatic carbocycles. The van der Waals surface area contributed by atoms with Crippen LogP contribution in [0.5, 0.6) is 0 Å². The summed E-state index contributed by atoms with van der Waals surface area (Å²) in [6.45, 7) is 9.42. The van der Waals surface area contributed by atoms with Gasteiger partial charge in [-0.1, -0.05) is 53.9 Å². The van der Waals surface area contributed by atoms with Crippen LogP contribution >= 0.6 is 34.8 Å². The van der Waals surface area contributed by atoms with Crippen molar-refractivity contribution in [3.63, 3.8) is 0 Å². The van der Waals surface area contributed by atoms with Crippen LogP contribution in [0.25, 0.3) is 0 Å². The zero-order chi connectivity index (χ0) is 15.3. The molecule has 3 nitrogen and oxygen atoms in total.